The lowest BCUT2D eigenvalue weighted by Crippen LogP contribution is -2.20. The molecule has 3 aromatic rings. The number of nitrogens with one attached hydrogen (secondary N) is 1. The molecule has 0 saturated carbocycles. The minimum absolute atomic E-state index is 0.102. The fraction of sp³-hybridized carbons (Fsp3) is 0.188. The largest absolute Gasteiger partial charge is 0.335 e. The van der Waals surface area contributed by atoms with Gasteiger partial charge in [0.25, 0.3) is 0 Å². The molecule has 0 aliphatic heterocycles. The number of nitrogens with zero attached hydrogens (tertiary/aromatic N) is 2. The van der Waals surface area contributed by atoms with Gasteiger partial charge in [0.05, 0.1) is 11.2 Å². The summed E-state index contributed by atoms with van der Waals surface area (Å²) in [6, 6.07) is 5.61. The maximum Gasteiger partial charge on any atom is 0.246 e. The van der Waals surface area contributed by atoms with E-state index in [-0.39, 0.29) is 28.8 Å². The van der Waals surface area contributed by atoms with E-state index >= 15 is 0 Å². The zero-order valence-corrected chi connectivity index (χ0v) is 13.4. The second-order valence-corrected chi connectivity index (χ2v) is 6.36. The minimum Gasteiger partial charge on any atom is -0.335 e. The standard InChI is InChI=1S/C16H14FN3O2S/c1-9-10(2)23-16(18-9)19-14(22)8-20-7-6-13(21)11-4-3-5-12(17)15(11)20/h3-7H,8H2,1-2H3,(H,18,19,22). The molecule has 3 rings (SSSR count). The van der Waals surface area contributed by atoms with Crippen LogP contribution in [-0.2, 0) is 11.3 Å². The summed E-state index contributed by atoms with van der Waals surface area (Å²) in [4.78, 5) is 29.3. The quantitative estimate of drug-likeness (QED) is 0.803. The summed E-state index contributed by atoms with van der Waals surface area (Å²) in [6.45, 7) is 3.69. The van der Waals surface area contributed by atoms with Crippen LogP contribution in [0.2, 0.25) is 0 Å². The van der Waals surface area contributed by atoms with E-state index in [1.807, 2.05) is 13.8 Å². The van der Waals surface area contributed by atoms with E-state index in [0.717, 1.165) is 10.6 Å². The molecule has 2 aromatic heterocycles. The zero-order chi connectivity index (χ0) is 16.6. The lowest BCUT2D eigenvalue weighted by atomic mass is 10.2. The van der Waals surface area contributed by atoms with Crippen LogP contribution in [0.15, 0.2) is 35.3 Å². The van der Waals surface area contributed by atoms with Crippen LogP contribution in [0.3, 0.4) is 0 Å². The van der Waals surface area contributed by atoms with Crippen LogP contribution in [0, 0.1) is 19.7 Å². The number of hydrogen-bond donors (Lipinski definition) is 1. The Kier molecular flexibility index (Phi) is 3.96. The monoisotopic (exact) mass is 331 g/mol. The maximum atomic E-state index is 14.1. The third-order valence-corrected chi connectivity index (χ3v) is 4.52. The molecule has 118 valence electrons. The Balaban J connectivity index is 1.91. The number of benzene rings is 1. The fourth-order valence-electron chi connectivity index (χ4n) is 2.30. The first-order valence-corrected chi connectivity index (χ1v) is 7.79. The lowest BCUT2D eigenvalue weighted by Gasteiger charge is -2.10. The van der Waals surface area contributed by atoms with Crippen molar-refractivity contribution in [1.82, 2.24) is 9.55 Å². The van der Waals surface area contributed by atoms with Crippen LogP contribution >= 0.6 is 11.3 Å². The zero-order valence-electron chi connectivity index (χ0n) is 12.6. The molecule has 1 amide bonds. The Morgan fingerprint density at radius 1 is 1.35 bits per heavy atom. The van der Waals surface area contributed by atoms with Crippen molar-refractivity contribution >= 4 is 33.3 Å². The summed E-state index contributed by atoms with van der Waals surface area (Å²) in [6.07, 6.45) is 1.42. The number of rotatable bonds is 3. The third kappa shape index (κ3) is 3.00. The van der Waals surface area contributed by atoms with E-state index in [0.29, 0.717) is 5.13 Å². The topological polar surface area (TPSA) is 64.0 Å². The van der Waals surface area contributed by atoms with Gasteiger partial charge in [0.1, 0.15) is 12.4 Å². The lowest BCUT2D eigenvalue weighted by molar-refractivity contribution is -0.116. The Morgan fingerprint density at radius 2 is 2.13 bits per heavy atom. The molecule has 0 atom stereocenters. The van der Waals surface area contributed by atoms with Crippen LogP contribution in [-0.4, -0.2) is 15.5 Å². The summed E-state index contributed by atoms with van der Waals surface area (Å²) in [5.74, 6) is -0.860. The smallest absolute Gasteiger partial charge is 0.246 e. The van der Waals surface area contributed by atoms with E-state index in [9.17, 15) is 14.0 Å². The summed E-state index contributed by atoms with van der Waals surface area (Å²) in [5, 5.41) is 3.46. The minimum atomic E-state index is -0.533. The number of anilines is 1. The summed E-state index contributed by atoms with van der Waals surface area (Å²) < 4.78 is 15.5. The second kappa shape index (κ2) is 5.92. The highest BCUT2D eigenvalue weighted by Crippen LogP contribution is 2.21. The molecule has 2 heterocycles. The van der Waals surface area contributed by atoms with E-state index in [1.54, 1.807) is 6.07 Å². The van der Waals surface area contributed by atoms with Crippen LogP contribution in [0.1, 0.15) is 10.6 Å². The van der Waals surface area contributed by atoms with Crippen molar-refractivity contribution in [3.05, 3.63) is 57.1 Å². The number of aryl methyl sites for hydroxylation is 2. The second-order valence-electron chi connectivity index (χ2n) is 5.15. The van der Waals surface area contributed by atoms with Gasteiger partial charge in [0, 0.05) is 22.5 Å². The molecule has 1 N–H and O–H groups in total. The molecule has 0 fully saturated rings. The highest BCUT2D eigenvalue weighted by molar-refractivity contribution is 7.15. The predicted octanol–water partition coefficient (Wildman–Crippen LogP) is 2.85. The molecule has 0 saturated heterocycles. The normalized spacial score (nSPS) is 10.9. The van der Waals surface area contributed by atoms with Gasteiger partial charge in [0.15, 0.2) is 10.6 Å². The van der Waals surface area contributed by atoms with Crippen LogP contribution < -0.4 is 10.7 Å². The van der Waals surface area contributed by atoms with E-state index in [4.69, 9.17) is 0 Å². The average Bonchev–Trinajstić information content (AvgIpc) is 2.80. The summed E-state index contributed by atoms with van der Waals surface area (Å²) in [5.41, 5.74) is 0.717. The summed E-state index contributed by atoms with van der Waals surface area (Å²) >= 11 is 1.39. The van der Waals surface area contributed by atoms with Crippen LogP contribution in [0.4, 0.5) is 9.52 Å². The Bertz CT molecular complexity index is 942. The first-order chi connectivity index (χ1) is 11.0. The average molecular weight is 331 g/mol. The molecule has 23 heavy (non-hydrogen) atoms. The summed E-state index contributed by atoms with van der Waals surface area (Å²) in [7, 11) is 0. The van der Waals surface area contributed by atoms with Gasteiger partial charge in [-0.25, -0.2) is 9.37 Å². The van der Waals surface area contributed by atoms with Crippen molar-refractivity contribution in [2.24, 2.45) is 0 Å². The van der Waals surface area contributed by atoms with Gasteiger partial charge in [-0.05, 0) is 26.0 Å². The first-order valence-electron chi connectivity index (χ1n) is 6.97. The number of hydrogen-bond acceptors (Lipinski definition) is 4. The van der Waals surface area contributed by atoms with E-state index < -0.39 is 5.82 Å². The fourth-order valence-corrected chi connectivity index (χ4v) is 3.13. The molecule has 1 aromatic carbocycles. The van der Waals surface area contributed by atoms with Crippen molar-refractivity contribution in [2.45, 2.75) is 20.4 Å². The first kappa shape index (κ1) is 15.4. The number of thiazole rings is 1. The Labute approximate surface area is 135 Å². The molecular formula is C16H14FN3O2S. The molecule has 5 nitrogen and oxygen atoms in total. The number of fused-ring (bicyclic) bond motifs is 1. The Morgan fingerprint density at radius 3 is 2.83 bits per heavy atom. The number of amides is 1. The van der Waals surface area contributed by atoms with Crippen molar-refractivity contribution in [3.63, 3.8) is 0 Å². The number of para-hydroxylation sites is 1. The Hall–Kier alpha value is -2.54. The van der Waals surface area contributed by atoms with E-state index in [2.05, 4.69) is 10.3 Å². The highest BCUT2D eigenvalue weighted by atomic mass is 32.1. The molecule has 0 bridgehead atoms. The number of carbonyl (C=O) groups is 1. The van der Waals surface area contributed by atoms with Gasteiger partial charge in [-0.2, -0.15) is 0 Å². The van der Waals surface area contributed by atoms with Crippen molar-refractivity contribution in [3.8, 4) is 0 Å². The third-order valence-electron chi connectivity index (χ3n) is 3.53. The van der Waals surface area contributed by atoms with Gasteiger partial charge in [-0.15, -0.1) is 11.3 Å². The SMILES string of the molecule is Cc1nc(NC(=O)Cn2ccc(=O)c3cccc(F)c32)sc1C. The maximum absolute atomic E-state index is 14.1. The molecular weight excluding hydrogens is 317 g/mol. The number of aromatic nitrogens is 2. The van der Waals surface area contributed by atoms with Crippen molar-refractivity contribution < 1.29 is 9.18 Å². The van der Waals surface area contributed by atoms with Gasteiger partial charge < -0.3 is 9.88 Å². The van der Waals surface area contributed by atoms with Crippen molar-refractivity contribution in [1.29, 1.82) is 0 Å². The molecule has 0 radical (unpaired) electrons. The molecule has 0 aliphatic carbocycles. The number of carbonyl (C=O) groups excluding carboxylic acids is 1. The number of halogens is 1. The molecule has 0 unspecified atom stereocenters. The van der Waals surface area contributed by atoms with Gasteiger partial charge in [-0.3, -0.25) is 9.59 Å². The van der Waals surface area contributed by atoms with Gasteiger partial charge in [-0.1, -0.05) is 6.07 Å². The molecule has 0 spiro atoms. The van der Waals surface area contributed by atoms with Gasteiger partial charge >= 0.3 is 0 Å². The van der Waals surface area contributed by atoms with Crippen LogP contribution in [0.25, 0.3) is 10.9 Å². The predicted molar refractivity (Wildman–Crippen MR) is 88.4 cm³/mol. The molecule has 7 heteroatoms. The van der Waals surface area contributed by atoms with E-state index in [1.165, 1.54) is 40.3 Å². The van der Waals surface area contributed by atoms with Crippen molar-refractivity contribution in [2.75, 3.05) is 5.32 Å². The van der Waals surface area contributed by atoms with Crippen LogP contribution in [0.5, 0.6) is 0 Å². The highest BCUT2D eigenvalue weighted by Gasteiger charge is 2.12. The number of pyridine rings is 1. The van der Waals surface area contributed by atoms with Gasteiger partial charge in [0.2, 0.25) is 5.91 Å². The molecule has 0 aliphatic rings.